The average Bonchev–Trinajstić information content (AvgIpc) is 2.73. The molecule has 0 N–H and O–H groups in total. The molecule has 3 rings (SSSR count). The molecule has 27 heavy (non-hydrogen) atoms. The van der Waals surface area contributed by atoms with Gasteiger partial charge in [0.2, 0.25) is 0 Å². The molecule has 0 radical (unpaired) electrons. The van der Waals surface area contributed by atoms with E-state index in [-0.39, 0.29) is 0 Å². The van der Waals surface area contributed by atoms with Crippen LogP contribution in [0, 0.1) is 16.7 Å². The number of nitriles is 1. The molecule has 5 heteroatoms. The molecule has 1 heterocycles. The Morgan fingerprint density at radius 2 is 1.85 bits per heavy atom. The van der Waals surface area contributed by atoms with E-state index in [0.29, 0.717) is 5.75 Å². The summed E-state index contributed by atoms with van der Waals surface area (Å²) in [5.41, 5.74) is 0.865. The number of para-hydroxylation sites is 2. The number of ether oxygens (including phenoxy) is 2. The zero-order chi connectivity index (χ0) is 19.4. The van der Waals surface area contributed by atoms with Gasteiger partial charge in [-0.3, -0.25) is 9.78 Å². The third-order valence-corrected chi connectivity index (χ3v) is 4.81. The number of hydrogen-bond acceptors (Lipinski definition) is 5. The molecular weight excluding hydrogens is 340 g/mol. The van der Waals surface area contributed by atoms with Gasteiger partial charge in [0.25, 0.3) is 0 Å². The van der Waals surface area contributed by atoms with Crippen molar-refractivity contribution in [3.8, 4) is 11.8 Å². The van der Waals surface area contributed by atoms with Crippen molar-refractivity contribution in [3.63, 3.8) is 0 Å². The molecule has 136 valence electrons. The predicted octanol–water partition coefficient (Wildman–Crippen LogP) is 4.08. The second-order valence-electron chi connectivity index (χ2n) is 6.44. The number of methoxy groups -OCH3 is 2. The van der Waals surface area contributed by atoms with Gasteiger partial charge in [0.15, 0.2) is 5.41 Å². The first-order valence-corrected chi connectivity index (χ1v) is 8.52. The second kappa shape index (κ2) is 7.46. The number of esters is 1. The van der Waals surface area contributed by atoms with Gasteiger partial charge in [-0.15, -0.1) is 0 Å². The van der Waals surface area contributed by atoms with Gasteiger partial charge in [-0.05, 0) is 30.7 Å². The van der Waals surface area contributed by atoms with Crippen LogP contribution in [0.15, 0.2) is 60.8 Å². The highest BCUT2D eigenvalue weighted by Gasteiger charge is 2.46. The van der Waals surface area contributed by atoms with E-state index in [4.69, 9.17) is 9.47 Å². The summed E-state index contributed by atoms with van der Waals surface area (Å²) in [6.07, 6.45) is 1.71. The Balaban J connectivity index is 2.29. The fourth-order valence-electron chi connectivity index (χ4n) is 3.41. The summed E-state index contributed by atoms with van der Waals surface area (Å²) in [5.74, 6) is -0.613. The van der Waals surface area contributed by atoms with Gasteiger partial charge in [0.05, 0.1) is 25.8 Å². The molecule has 3 aromatic rings. The van der Waals surface area contributed by atoms with Crippen molar-refractivity contribution in [2.75, 3.05) is 14.2 Å². The molecule has 0 bridgehead atoms. The van der Waals surface area contributed by atoms with E-state index in [1.807, 2.05) is 54.6 Å². The number of nitrogens with zero attached hydrogens (tertiary/aromatic N) is 2. The van der Waals surface area contributed by atoms with Crippen LogP contribution in [0.2, 0.25) is 0 Å². The van der Waals surface area contributed by atoms with Crippen molar-refractivity contribution in [2.24, 2.45) is 5.41 Å². The summed E-state index contributed by atoms with van der Waals surface area (Å²) in [6, 6.07) is 19.2. The Bertz CT molecular complexity index is 1030. The number of aromatic nitrogens is 1. The average molecular weight is 360 g/mol. The minimum absolute atomic E-state index is 0.598. The molecule has 0 aliphatic heterocycles. The maximum absolute atomic E-state index is 12.6. The van der Waals surface area contributed by atoms with Gasteiger partial charge in [0.1, 0.15) is 5.75 Å². The molecule has 2 aromatic carbocycles. The third kappa shape index (κ3) is 3.22. The summed E-state index contributed by atoms with van der Waals surface area (Å²) >= 11 is 0. The lowest BCUT2D eigenvalue weighted by atomic mass is 9.70. The van der Waals surface area contributed by atoms with Crippen LogP contribution in [0.1, 0.15) is 24.0 Å². The van der Waals surface area contributed by atoms with E-state index < -0.39 is 17.3 Å². The van der Waals surface area contributed by atoms with E-state index in [2.05, 4.69) is 11.1 Å². The van der Waals surface area contributed by atoms with Crippen molar-refractivity contribution >= 4 is 16.9 Å². The summed E-state index contributed by atoms with van der Waals surface area (Å²) in [5, 5.41) is 10.9. The molecule has 5 nitrogen and oxygen atoms in total. The molecular formula is C22H20N2O3. The molecule has 0 aliphatic rings. The van der Waals surface area contributed by atoms with Crippen LogP contribution in [0.25, 0.3) is 10.9 Å². The summed E-state index contributed by atoms with van der Waals surface area (Å²) in [7, 11) is 2.85. The van der Waals surface area contributed by atoms with Crippen LogP contribution in [-0.2, 0) is 9.53 Å². The quantitative estimate of drug-likeness (QED) is 0.641. The molecule has 0 spiro atoms. The molecule has 2 atom stereocenters. The summed E-state index contributed by atoms with van der Waals surface area (Å²) < 4.78 is 10.5. The summed E-state index contributed by atoms with van der Waals surface area (Å²) in [6.45, 7) is 1.59. The normalized spacial score (nSPS) is 14.0. The Morgan fingerprint density at radius 3 is 2.56 bits per heavy atom. The van der Waals surface area contributed by atoms with Crippen LogP contribution in [0.5, 0.6) is 5.75 Å². The minimum atomic E-state index is -1.45. The molecule has 0 saturated carbocycles. The van der Waals surface area contributed by atoms with Gasteiger partial charge < -0.3 is 9.47 Å². The largest absolute Gasteiger partial charge is 0.496 e. The Hall–Kier alpha value is -3.39. The SMILES string of the molecule is COC(=O)C(C)(C#N)C(c1cnc2ccccc2c1)c1ccccc1OC. The van der Waals surface area contributed by atoms with E-state index >= 15 is 0 Å². The highest BCUT2D eigenvalue weighted by Crippen LogP contribution is 2.45. The highest BCUT2D eigenvalue weighted by atomic mass is 16.5. The monoisotopic (exact) mass is 360 g/mol. The van der Waals surface area contributed by atoms with Gasteiger partial charge in [-0.2, -0.15) is 5.26 Å². The number of carbonyl (C=O) groups is 1. The van der Waals surface area contributed by atoms with E-state index in [0.717, 1.165) is 22.0 Å². The van der Waals surface area contributed by atoms with Crippen LogP contribution in [-0.4, -0.2) is 25.2 Å². The fourth-order valence-corrected chi connectivity index (χ4v) is 3.41. The van der Waals surface area contributed by atoms with Crippen molar-refractivity contribution in [2.45, 2.75) is 12.8 Å². The Kier molecular flexibility index (Phi) is 5.09. The lowest BCUT2D eigenvalue weighted by Crippen LogP contribution is -2.35. The topological polar surface area (TPSA) is 72.2 Å². The Morgan fingerprint density at radius 1 is 1.15 bits per heavy atom. The number of carbonyl (C=O) groups excluding carboxylic acids is 1. The first-order valence-electron chi connectivity index (χ1n) is 8.52. The molecule has 0 amide bonds. The van der Waals surface area contributed by atoms with Gasteiger partial charge in [0, 0.05) is 23.1 Å². The fraction of sp³-hybridized carbons (Fsp3) is 0.227. The van der Waals surface area contributed by atoms with Crippen LogP contribution >= 0.6 is 0 Å². The van der Waals surface area contributed by atoms with Crippen molar-refractivity contribution in [1.82, 2.24) is 4.98 Å². The van der Waals surface area contributed by atoms with Crippen LogP contribution < -0.4 is 4.74 Å². The van der Waals surface area contributed by atoms with E-state index in [1.165, 1.54) is 7.11 Å². The molecule has 0 saturated heterocycles. The van der Waals surface area contributed by atoms with E-state index in [9.17, 15) is 10.1 Å². The maximum atomic E-state index is 12.6. The summed E-state index contributed by atoms with van der Waals surface area (Å²) in [4.78, 5) is 17.1. The van der Waals surface area contributed by atoms with Crippen molar-refractivity contribution < 1.29 is 14.3 Å². The molecule has 0 fully saturated rings. The predicted molar refractivity (Wildman–Crippen MR) is 102 cm³/mol. The lowest BCUT2D eigenvalue weighted by molar-refractivity contribution is -0.149. The zero-order valence-electron chi connectivity index (χ0n) is 15.5. The molecule has 2 unspecified atom stereocenters. The smallest absolute Gasteiger partial charge is 0.326 e. The molecule has 0 aliphatic carbocycles. The van der Waals surface area contributed by atoms with Crippen molar-refractivity contribution in [3.05, 3.63) is 71.9 Å². The third-order valence-electron chi connectivity index (χ3n) is 4.81. The number of benzene rings is 2. The standard InChI is InChI=1S/C22H20N2O3/c1-22(14-23,21(25)27-3)20(17-9-5-7-11-19(17)26-2)16-12-15-8-4-6-10-18(15)24-13-16/h4-13,20H,1-3H3. The van der Waals surface area contributed by atoms with E-state index in [1.54, 1.807) is 20.2 Å². The Labute approximate surface area is 158 Å². The van der Waals surface area contributed by atoms with Crippen LogP contribution in [0.3, 0.4) is 0 Å². The van der Waals surface area contributed by atoms with Gasteiger partial charge in [-0.1, -0.05) is 36.4 Å². The minimum Gasteiger partial charge on any atom is -0.496 e. The van der Waals surface area contributed by atoms with Crippen LogP contribution in [0.4, 0.5) is 0 Å². The van der Waals surface area contributed by atoms with Crippen molar-refractivity contribution in [1.29, 1.82) is 5.26 Å². The number of hydrogen-bond donors (Lipinski definition) is 0. The first kappa shape index (κ1) is 18.4. The number of pyridine rings is 1. The zero-order valence-corrected chi connectivity index (χ0v) is 15.5. The van der Waals surface area contributed by atoms with Gasteiger partial charge in [-0.25, -0.2) is 0 Å². The number of rotatable bonds is 5. The molecule has 1 aromatic heterocycles. The first-order chi connectivity index (χ1) is 13.0. The van der Waals surface area contributed by atoms with Gasteiger partial charge >= 0.3 is 5.97 Å². The second-order valence-corrected chi connectivity index (χ2v) is 6.44. The lowest BCUT2D eigenvalue weighted by Gasteiger charge is -2.31. The highest BCUT2D eigenvalue weighted by molar-refractivity contribution is 5.83. The number of fused-ring (bicyclic) bond motifs is 1. The maximum Gasteiger partial charge on any atom is 0.326 e.